The van der Waals surface area contributed by atoms with E-state index in [9.17, 15) is 8.42 Å². The third kappa shape index (κ3) is 6.40. The van der Waals surface area contributed by atoms with E-state index in [4.69, 9.17) is 12.2 Å². The van der Waals surface area contributed by atoms with Crippen LogP contribution < -0.4 is 15.4 Å². The number of azo groups is 1. The molecule has 0 aliphatic heterocycles. The van der Waals surface area contributed by atoms with Crippen LogP contribution in [0.25, 0.3) is 0 Å². The van der Waals surface area contributed by atoms with Gasteiger partial charge in [0.05, 0.1) is 16.3 Å². The maximum Gasteiger partial charge on any atom is 0.264 e. The largest absolute Gasteiger partial charge is 0.332 e. The Balaban J connectivity index is 1.33. The quantitative estimate of drug-likeness (QED) is 0.231. The van der Waals surface area contributed by atoms with Crippen molar-refractivity contribution in [1.82, 2.24) is 9.97 Å². The van der Waals surface area contributed by atoms with Crippen LogP contribution in [-0.2, 0) is 10.0 Å². The van der Waals surface area contributed by atoms with Gasteiger partial charge in [0.25, 0.3) is 10.0 Å². The fourth-order valence-corrected chi connectivity index (χ4v) is 3.96. The molecule has 0 fully saturated rings. The highest BCUT2D eigenvalue weighted by Crippen LogP contribution is 2.21. The van der Waals surface area contributed by atoms with Crippen LogP contribution in [0.2, 0.25) is 0 Å². The van der Waals surface area contributed by atoms with Crippen LogP contribution in [-0.4, -0.2) is 23.5 Å². The van der Waals surface area contributed by atoms with Gasteiger partial charge in [0.2, 0.25) is 5.95 Å². The lowest BCUT2D eigenvalue weighted by Gasteiger charge is -2.11. The lowest BCUT2D eigenvalue weighted by Crippen LogP contribution is -2.19. The fourth-order valence-electron chi connectivity index (χ4n) is 2.76. The Bertz CT molecular complexity index is 1380. The van der Waals surface area contributed by atoms with Gasteiger partial charge in [-0.25, -0.2) is 23.1 Å². The molecule has 170 valence electrons. The minimum atomic E-state index is -3.80. The molecule has 0 atom stereocenters. The summed E-state index contributed by atoms with van der Waals surface area (Å²) in [5, 5.41) is 14.8. The summed E-state index contributed by atoms with van der Waals surface area (Å²) in [6, 6.07) is 24.5. The molecular weight excluding hydrogens is 470 g/mol. The molecule has 34 heavy (non-hydrogen) atoms. The molecule has 4 rings (SSSR count). The number of nitrogens with one attached hydrogen (secondary N) is 3. The van der Waals surface area contributed by atoms with E-state index < -0.39 is 10.0 Å². The van der Waals surface area contributed by atoms with Crippen molar-refractivity contribution in [3.8, 4) is 0 Å². The molecule has 0 unspecified atom stereocenters. The summed E-state index contributed by atoms with van der Waals surface area (Å²) in [5.74, 6) is 0.00244. The van der Waals surface area contributed by atoms with Crippen molar-refractivity contribution in [3.63, 3.8) is 0 Å². The molecule has 9 nitrogen and oxygen atoms in total. The second-order valence-electron chi connectivity index (χ2n) is 6.86. The van der Waals surface area contributed by atoms with Crippen LogP contribution >= 0.6 is 12.2 Å². The minimum Gasteiger partial charge on any atom is -0.332 e. The van der Waals surface area contributed by atoms with Gasteiger partial charge in [0, 0.05) is 23.8 Å². The molecule has 11 heteroatoms. The van der Waals surface area contributed by atoms with Gasteiger partial charge >= 0.3 is 0 Å². The zero-order valence-electron chi connectivity index (χ0n) is 17.7. The van der Waals surface area contributed by atoms with E-state index in [-0.39, 0.29) is 10.8 Å². The smallest absolute Gasteiger partial charge is 0.264 e. The van der Waals surface area contributed by atoms with Crippen LogP contribution in [0.1, 0.15) is 0 Å². The molecule has 3 N–H and O–H groups in total. The topological polar surface area (TPSA) is 121 Å². The summed E-state index contributed by atoms with van der Waals surface area (Å²) >= 11 is 5.35. The molecule has 4 aromatic rings. The Morgan fingerprint density at radius 3 is 1.82 bits per heavy atom. The lowest BCUT2D eigenvalue weighted by atomic mass is 10.3. The standard InChI is InChI=1S/C23H19N7O2S2/c31-34(32,30-22-24-15-4-16-25-22)21-13-11-18(12-14-21)27-23(33)26-17-7-9-20(10-8-17)29-28-19-5-2-1-3-6-19/h1-16H,(H,24,25,30)(H2,26,27,33). The zero-order valence-corrected chi connectivity index (χ0v) is 19.3. The Morgan fingerprint density at radius 1 is 0.706 bits per heavy atom. The van der Waals surface area contributed by atoms with Crippen molar-refractivity contribution in [2.24, 2.45) is 10.2 Å². The highest BCUT2D eigenvalue weighted by atomic mass is 32.2. The van der Waals surface area contributed by atoms with E-state index in [0.29, 0.717) is 16.5 Å². The molecule has 0 bridgehead atoms. The molecule has 1 aromatic heterocycles. The Labute approximate surface area is 202 Å². The maximum absolute atomic E-state index is 12.5. The molecule has 0 aliphatic rings. The number of benzene rings is 3. The molecule has 3 aromatic carbocycles. The van der Waals surface area contributed by atoms with Gasteiger partial charge in [-0.15, -0.1) is 0 Å². The third-order valence-electron chi connectivity index (χ3n) is 4.38. The second-order valence-corrected chi connectivity index (χ2v) is 8.95. The van der Waals surface area contributed by atoms with Crippen LogP contribution in [0.3, 0.4) is 0 Å². The fraction of sp³-hybridized carbons (Fsp3) is 0. The van der Waals surface area contributed by atoms with Crippen LogP contribution in [0, 0.1) is 0 Å². The van der Waals surface area contributed by atoms with Gasteiger partial charge in [0.15, 0.2) is 5.11 Å². The van der Waals surface area contributed by atoms with E-state index in [2.05, 4.69) is 35.6 Å². The monoisotopic (exact) mass is 489 g/mol. The Hall–Kier alpha value is -4.22. The van der Waals surface area contributed by atoms with Gasteiger partial charge in [0.1, 0.15) is 0 Å². The van der Waals surface area contributed by atoms with Crippen LogP contribution in [0.4, 0.5) is 28.7 Å². The molecule has 0 amide bonds. The van der Waals surface area contributed by atoms with E-state index in [1.807, 2.05) is 54.6 Å². The number of aromatic nitrogens is 2. The first-order valence-electron chi connectivity index (χ1n) is 10.0. The normalized spacial score (nSPS) is 11.2. The summed E-state index contributed by atoms with van der Waals surface area (Å²) in [6.07, 6.45) is 2.91. The number of thiocarbonyl (C=S) groups is 1. The second kappa shape index (κ2) is 10.6. The Kier molecular flexibility index (Phi) is 7.16. The van der Waals surface area contributed by atoms with Crippen molar-refractivity contribution in [2.45, 2.75) is 4.90 Å². The summed E-state index contributed by atoms with van der Waals surface area (Å²) < 4.78 is 27.3. The van der Waals surface area contributed by atoms with Crippen molar-refractivity contribution >= 4 is 56.1 Å². The molecular formula is C23H19N7O2S2. The van der Waals surface area contributed by atoms with Crippen molar-refractivity contribution in [1.29, 1.82) is 0 Å². The third-order valence-corrected chi connectivity index (χ3v) is 5.92. The molecule has 0 saturated heterocycles. The summed E-state index contributed by atoms with van der Waals surface area (Å²) in [6.45, 7) is 0. The van der Waals surface area contributed by atoms with Crippen LogP contribution in [0.5, 0.6) is 0 Å². The van der Waals surface area contributed by atoms with Gasteiger partial charge in [-0.2, -0.15) is 10.2 Å². The highest BCUT2D eigenvalue weighted by molar-refractivity contribution is 7.92. The summed E-state index contributed by atoms with van der Waals surface area (Å²) in [4.78, 5) is 7.80. The molecule has 0 spiro atoms. The average Bonchev–Trinajstić information content (AvgIpc) is 2.85. The highest BCUT2D eigenvalue weighted by Gasteiger charge is 2.15. The first-order valence-corrected chi connectivity index (χ1v) is 11.9. The van der Waals surface area contributed by atoms with E-state index in [1.54, 1.807) is 18.2 Å². The predicted molar refractivity (Wildman–Crippen MR) is 136 cm³/mol. The van der Waals surface area contributed by atoms with Gasteiger partial charge in [-0.3, -0.25) is 0 Å². The molecule has 0 radical (unpaired) electrons. The summed E-state index contributed by atoms with van der Waals surface area (Å²) in [7, 11) is -3.80. The van der Waals surface area contributed by atoms with Crippen molar-refractivity contribution < 1.29 is 8.42 Å². The first kappa shape index (κ1) is 23.0. The number of hydrogen-bond acceptors (Lipinski definition) is 7. The predicted octanol–water partition coefficient (Wildman–Crippen LogP) is 5.50. The van der Waals surface area contributed by atoms with E-state index in [0.717, 1.165) is 11.4 Å². The summed E-state index contributed by atoms with van der Waals surface area (Å²) in [5.41, 5.74) is 2.88. The Morgan fingerprint density at radius 2 is 1.24 bits per heavy atom. The van der Waals surface area contributed by atoms with E-state index in [1.165, 1.54) is 24.5 Å². The maximum atomic E-state index is 12.5. The first-order chi connectivity index (χ1) is 16.5. The zero-order chi connectivity index (χ0) is 23.8. The lowest BCUT2D eigenvalue weighted by molar-refractivity contribution is 0.601. The average molecular weight is 490 g/mol. The number of sulfonamides is 1. The number of rotatable bonds is 7. The number of hydrogen-bond donors (Lipinski definition) is 3. The minimum absolute atomic E-state index is 0.00244. The van der Waals surface area contributed by atoms with Crippen LogP contribution in [0.15, 0.2) is 112 Å². The SMILES string of the molecule is O=S(=O)(Nc1ncccn1)c1ccc(NC(=S)Nc2ccc(N=Nc3ccccc3)cc2)cc1. The number of nitrogens with zero attached hydrogens (tertiary/aromatic N) is 4. The number of anilines is 3. The molecule has 0 saturated carbocycles. The van der Waals surface area contributed by atoms with E-state index >= 15 is 0 Å². The molecule has 0 aliphatic carbocycles. The van der Waals surface area contributed by atoms with Gasteiger partial charge < -0.3 is 10.6 Å². The van der Waals surface area contributed by atoms with Crippen molar-refractivity contribution in [2.75, 3.05) is 15.4 Å². The van der Waals surface area contributed by atoms with Crippen molar-refractivity contribution in [3.05, 3.63) is 97.3 Å². The van der Waals surface area contributed by atoms with Gasteiger partial charge in [-0.1, -0.05) is 18.2 Å². The molecule has 1 heterocycles. The van der Waals surface area contributed by atoms with Gasteiger partial charge in [-0.05, 0) is 78.9 Å².